The lowest BCUT2D eigenvalue weighted by Gasteiger charge is -2.51. The van der Waals surface area contributed by atoms with Crippen molar-refractivity contribution in [1.82, 2.24) is 16.0 Å². The van der Waals surface area contributed by atoms with Crippen LogP contribution in [0, 0.1) is 0 Å². The summed E-state index contributed by atoms with van der Waals surface area (Å²) in [5, 5.41) is 214. The maximum absolute atomic E-state index is 12.9. The maximum Gasteiger partial charge on any atom is 0.217 e. The van der Waals surface area contributed by atoms with Gasteiger partial charge in [-0.15, -0.1) is 0 Å². The van der Waals surface area contributed by atoms with Crippen molar-refractivity contribution in [2.75, 3.05) is 39.6 Å². The Hall–Kier alpha value is -2.87. The van der Waals surface area contributed by atoms with Gasteiger partial charge in [0.15, 0.2) is 44.0 Å². The van der Waals surface area contributed by atoms with Crippen LogP contribution in [0.3, 0.4) is 0 Å². The third-order valence-corrected chi connectivity index (χ3v) is 15.7. The van der Waals surface area contributed by atoms with E-state index in [1.807, 2.05) is 0 Å². The monoisotopic (exact) mass is 1260 g/mol. The number of hydrogen-bond acceptors (Lipinski definition) is 35. The van der Waals surface area contributed by atoms with Gasteiger partial charge in [-0.25, -0.2) is 0 Å². The Kier molecular flexibility index (Phi) is 25.0. The van der Waals surface area contributed by atoms with E-state index < -0.39 is 272 Å². The number of aliphatic hydroxyl groups excluding tert-OH is 19. The molecule has 3 amide bonds. The second-order valence-electron chi connectivity index (χ2n) is 21.8. The second-order valence-corrected chi connectivity index (χ2v) is 21.8. The van der Waals surface area contributed by atoms with Crippen molar-refractivity contribution in [2.45, 2.75) is 242 Å². The first-order valence-electron chi connectivity index (χ1n) is 27.5. The summed E-state index contributed by atoms with van der Waals surface area (Å²) in [5.74, 6) is -2.49. The van der Waals surface area contributed by atoms with Gasteiger partial charge in [0.05, 0.1) is 45.7 Å². The number of nitrogens with one attached hydrogen (secondary N) is 3. The smallest absolute Gasteiger partial charge is 0.217 e. The minimum absolute atomic E-state index is 0.770. The number of carbonyl (C=O) groups is 3. The lowest BCUT2D eigenvalue weighted by atomic mass is 9.93. The van der Waals surface area contributed by atoms with Gasteiger partial charge in [0, 0.05) is 20.8 Å². The second kappa shape index (κ2) is 30.5. The fourth-order valence-corrected chi connectivity index (χ4v) is 10.9. The van der Waals surface area contributed by atoms with Crippen LogP contribution in [0.25, 0.3) is 0 Å². The summed E-state index contributed by atoms with van der Waals surface area (Å²) < 4.78 is 75.7. The quantitative estimate of drug-likeness (QED) is 0.0507. The van der Waals surface area contributed by atoms with Gasteiger partial charge in [-0.1, -0.05) is 0 Å². The van der Waals surface area contributed by atoms with Crippen molar-refractivity contribution in [1.29, 1.82) is 0 Å². The summed E-state index contributed by atoms with van der Waals surface area (Å²) in [6, 6.07) is -5.23. The molecule has 0 bridgehead atoms. The van der Waals surface area contributed by atoms with E-state index in [1.165, 1.54) is 6.92 Å². The number of hydrogen-bond donors (Lipinski definition) is 22. The minimum atomic E-state index is -2.39. The van der Waals surface area contributed by atoms with Gasteiger partial charge < -0.3 is 175 Å². The summed E-state index contributed by atoms with van der Waals surface area (Å²) in [5.41, 5.74) is 0. The molecule has 22 N–H and O–H groups in total. The highest BCUT2D eigenvalue weighted by Gasteiger charge is 2.58. The first-order chi connectivity index (χ1) is 40.6. The molecule has 86 heavy (non-hydrogen) atoms. The number of ether oxygens (including phenoxy) is 13. The molecule has 0 aliphatic carbocycles. The predicted octanol–water partition coefficient (Wildman–Crippen LogP) is -14.8. The van der Waals surface area contributed by atoms with Crippen molar-refractivity contribution in [2.24, 2.45) is 0 Å². The van der Waals surface area contributed by atoms with Crippen LogP contribution in [-0.2, 0) is 76.0 Å². The molecule has 0 aromatic rings. The number of aliphatic hydroxyl groups is 19. The zero-order valence-corrected chi connectivity index (χ0v) is 46.5. The van der Waals surface area contributed by atoms with Crippen LogP contribution in [0.1, 0.15) is 27.7 Å². The maximum atomic E-state index is 12.9. The lowest BCUT2D eigenvalue weighted by Crippen LogP contribution is -2.70. The molecule has 7 saturated heterocycles. The molecule has 0 radical (unpaired) electrons. The normalized spacial score (nSPS) is 49.4. The number of rotatable bonds is 21. The summed E-state index contributed by atoms with van der Waals surface area (Å²) in [7, 11) is 0. The Labute approximate surface area is 488 Å². The van der Waals surface area contributed by atoms with E-state index in [1.54, 1.807) is 0 Å². The fourth-order valence-electron chi connectivity index (χ4n) is 10.9. The van der Waals surface area contributed by atoms with E-state index in [-0.39, 0.29) is 0 Å². The van der Waals surface area contributed by atoms with Crippen LogP contribution in [0.15, 0.2) is 0 Å². The third kappa shape index (κ3) is 15.5. The van der Waals surface area contributed by atoms with Gasteiger partial charge in [0.2, 0.25) is 17.7 Å². The molecule has 35 atom stereocenters. The van der Waals surface area contributed by atoms with Gasteiger partial charge >= 0.3 is 0 Å². The van der Waals surface area contributed by atoms with Gasteiger partial charge in [-0.05, 0) is 6.92 Å². The molecule has 38 nitrogen and oxygen atoms in total. The largest absolute Gasteiger partial charge is 0.394 e. The van der Waals surface area contributed by atoms with Crippen molar-refractivity contribution < 1.29 is 173 Å². The standard InChI is InChI=1S/C48H81N3O35/c1-11-24(59)32(67)35(70)45(76-11)75-10-20-39(30(65)21(42(73)77-20)49-12(2)56)83-44-23(51-14(4)58)31(66)38(18(8-55)81-44)84-47-37(72)40(28(63)19(82-47)9-74-46-36(71)33(68)26(61)16(6-53)79-46)85-48-41(34(69)27(62)17(7-54)80-48)86-43-22(50-13(3)57)29(64)25(60)15(5-52)78-43/h11,15-48,52-55,59-73H,5-10H2,1-4H3,(H,49,56)(H,50,57)(H,51,58)/t11-,15-,16-,17-,18-,19-,20-,21-,22-,23-,24+,25-,26-,27-,28-,29-,30-,31-,32+,33+,34+,35-,36+,37+,38-,39-,40+,41+,42-,43+,44+,45+,46+,47+,48-/m1/s1. The molecular formula is C48H81N3O35. The van der Waals surface area contributed by atoms with E-state index in [4.69, 9.17) is 61.6 Å². The van der Waals surface area contributed by atoms with Crippen molar-refractivity contribution in [3.63, 3.8) is 0 Å². The average molecular weight is 1260 g/mol. The van der Waals surface area contributed by atoms with Gasteiger partial charge in [0.25, 0.3) is 0 Å². The Morgan fingerprint density at radius 2 is 0.709 bits per heavy atom. The van der Waals surface area contributed by atoms with E-state index >= 15 is 0 Å². The molecule has 7 aliphatic rings. The van der Waals surface area contributed by atoms with Crippen LogP contribution in [0.5, 0.6) is 0 Å². The van der Waals surface area contributed by atoms with Gasteiger partial charge in [0.1, 0.15) is 165 Å². The van der Waals surface area contributed by atoms with Crippen molar-refractivity contribution in [3.8, 4) is 0 Å². The summed E-state index contributed by atoms with van der Waals surface area (Å²) in [6.45, 7) is -1.41. The molecular weight excluding hydrogens is 1180 g/mol. The number of amides is 3. The highest BCUT2D eigenvalue weighted by molar-refractivity contribution is 5.74. The predicted molar refractivity (Wildman–Crippen MR) is 265 cm³/mol. The van der Waals surface area contributed by atoms with Crippen LogP contribution in [-0.4, -0.2) is 369 Å². The van der Waals surface area contributed by atoms with Crippen molar-refractivity contribution >= 4 is 17.7 Å². The summed E-state index contributed by atoms with van der Waals surface area (Å²) in [6.07, 6.45) is -61.5. The molecule has 7 rings (SSSR count). The number of carbonyl (C=O) groups excluding carboxylic acids is 3. The lowest BCUT2D eigenvalue weighted by molar-refractivity contribution is -0.394. The molecule has 7 heterocycles. The van der Waals surface area contributed by atoms with Crippen LogP contribution < -0.4 is 16.0 Å². The van der Waals surface area contributed by atoms with E-state index in [2.05, 4.69) is 16.0 Å². The Morgan fingerprint density at radius 3 is 1.26 bits per heavy atom. The molecule has 7 aliphatic heterocycles. The van der Waals surface area contributed by atoms with E-state index in [0.717, 1.165) is 20.8 Å². The van der Waals surface area contributed by atoms with E-state index in [0.29, 0.717) is 0 Å². The van der Waals surface area contributed by atoms with Crippen LogP contribution in [0.4, 0.5) is 0 Å². The molecule has 0 saturated carbocycles. The van der Waals surface area contributed by atoms with Crippen LogP contribution in [0.2, 0.25) is 0 Å². The van der Waals surface area contributed by atoms with Crippen molar-refractivity contribution in [3.05, 3.63) is 0 Å². The molecule has 0 aromatic heterocycles. The zero-order valence-electron chi connectivity index (χ0n) is 46.5. The minimum Gasteiger partial charge on any atom is -0.394 e. The highest BCUT2D eigenvalue weighted by Crippen LogP contribution is 2.37. The fraction of sp³-hybridized carbons (Fsp3) is 0.938. The Bertz CT molecular complexity index is 2170. The highest BCUT2D eigenvalue weighted by atomic mass is 16.8. The van der Waals surface area contributed by atoms with Gasteiger partial charge in [-0.2, -0.15) is 0 Å². The van der Waals surface area contributed by atoms with Crippen LogP contribution >= 0.6 is 0 Å². The molecule has 498 valence electrons. The topological polar surface area (TPSA) is 592 Å². The summed E-state index contributed by atoms with van der Waals surface area (Å²) in [4.78, 5) is 37.4. The SMILES string of the molecule is CC(=O)N[C@@H]1[C@@H](O)[C@H](O[C@@H]2O[C@H](CO)[C@@H](O[C@@H]3O[C@H](CO[C@H]4O[C@H](CO)[C@@H](O)[C@H](O)[C@@H]4O)[C@@H](O)[C@H](O[C@H]4O[C@H](CO)[C@@H](O)[C@H](O)[C@@H]4O[C@@H]4O[C@H](CO)[C@@H](O)[C@H](O)[C@H]4NC(C)=O)[C@@H]3O)[C@H](O)[C@H]2NC(C)=O)[C@@H](CO[C@H]2O[C@H](C)[C@H](O)[C@H](O)[C@H]2O)O[C@H]1O. The molecule has 0 spiro atoms. The average Bonchev–Trinajstić information content (AvgIpc) is 1.18. The first-order valence-corrected chi connectivity index (χ1v) is 27.5. The third-order valence-electron chi connectivity index (χ3n) is 15.7. The Morgan fingerprint density at radius 1 is 0.326 bits per heavy atom. The Balaban J connectivity index is 1.19. The zero-order chi connectivity index (χ0) is 63.5. The molecule has 0 unspecified atom stereocenters. The molecule has 38 heteroatoms. The molecule has 7 fully saturated rings. The van der Waals surface area contributed by atoms with E-state index in [9.17, 15) is 111 Å². The molecule has 0 aromatic carbocycles. The first kappa shape index (κ1) is 70.6. The summed E-state index contributed by atoms with van der Waals surface area (Å²) >= 11 is 0. The van der Waals surface area contributed by atoms with Gasteiger partial charge in [-0.3, -0.25) is 14.4 Å².